The van der Waals surface area contributed by atoms with E-state index >= 15 is 0 Å². The molecule has 1 aliphatic rings. The standard InChI is InChI=1S/C19H26N4O4S2.HI/c1-20-19(21-7-8-22-29(24,25)18-5-4-10-28-18)23-9-6-14-11-16(26-2)17(27-3)12-15(14)13-23;/h4-5,10-12,22H,6-9,13H2,1-3H3,(H,20,21);1H. The Morgan fingerprint density at radius 3 is 2.50 bits per heavy atom. The first-order chi connectivity index (χ1) is 14.0. The molecule has 0 saturated heterocycles. The fraction of sp³-hybridized carbons (Fsp3) is 0.421. The number of hydrogen-bond donors (Lipinski definition) is 2. The number of sulfonamides is 1. The molecule has 1 aromatic heterocycles. The van der Waals surface area contributed by atoms with Gasteiger partial charge in [-0.05, 0) is 41.1 Å². The number of fused-ring (bicyclic) bond motifs is 1. The van der Waals surface area contributed by atoms with Gasteiger partial charge in [-0.15, -0.1) is 35.3 Å². The first-order valence-electron chi connectivity index (χ1n) is 9.21. The summed E-state index contributed by atoms with van der Waals surface area (Å²) < 4.78 is 38.1. The molecule has 3 rings (SSSR count). The van der Waals surface area contributed by atoms with Crippen LogP contribution < -0.4 is 19.5 Å². The van der Waals surface area contributed by atoms with Gasteiger partial charge in [-0.3, -0.25) is 4.99 Å². The number of guanidine groups is 1. The van der Waals surface area contributed by atoms with E-state index in [1.165, 1.54) is 16.9 Å². The van der Waals surface area contributed by atoms with E-state index in [4.69, 9.17) is 9.47 Å². The van der Waals surface area contributed by atoms with Gasteiger partial charge in [-0.2, -0.15) is 0 Å². The Morgan fingerprint density at radius 1 is 1.20 bits per heavy atom. The Balaban J connectivity index is 0.00000320. The van der Waals surface area contributed by atoms with Gasteiger partial charge in [-0.1, -0.05) is 6.07 Å². The Kier molecular flexibility index (Phi) is 9.19. The third-order valence-electron chi connectivity index (χ3n) is 4.69. The molecule has 8 nitrogen and oxygen atoms in total. The van der Waals surface area contributed by atoms with E-state index in [0.29, 0.717) is 23.0 Å². The molecule has 2 heterocycles. The van der Waals surface area contributed by atoms with Crippen LogP contribution >= 0.6 is 35.3 Å². The number of rotatable bonds is 7. The van der Waals surface area contributed by atoms with Crippen LogP contribution in [0.4, 0.5) is 0 Å². The molecule has 0 spiro atoms. The van der Waals surface area contributed by atoms with E-state index in [9.17, 15) is 8.42 Å². The van der Waals surface area contributed by atoms with Gasteiger partial charge in [-0.25, -0.2) is 13.1 Å². The fourth-order valence-electron chi connectivity index (χ4n) is 3.24. The molecule has 1 aromatic carbocycles. The normalized spacial score (nSPS) is 14.0. The number of hydrogen-bond acceptors (Lipinski definition) is 6. The molecule has 0 radical (unpaired) electrons. The minimum absolute atomic E-state index is 0. The minimum Gasteiger partial charge on any atom is -0.493 e. The number of nitrogens with one attached hydrogen (secondary N) is 2. The Morgan fingerprint density at radius 2 is 1.90 bits per heavy atom. The molecular formula is C19H27IN4O4S2. The summed E-state index contributed by atoms with van der Waals surface area (Å²) in [7, 11) is 1.54. The van der Waals surface area contributed by atoms with Gasteiger partial charge in [0.1, 0.15) is 4.21 Å². The van der Waals surface area contributed by atoms with Crippen molar-refractivity contribution in [3.8, 4) is 11.5 Å². The van der Waals surface area contributed by atoms with Gasteiger partial charge in [0.15, 0.2) is 17.5 Å². The van der Waals surface area contributed by atoms with Crippen molar-refractivity contribution in [2.24, 2.45) is 4.99 Å². The van der Waals surface area contributed by atoms with Crippen molar-refractivity contribution in [2.75, 3.05) is 40.9 Å². The van der Waals surface area contributed by atoms with Gasteiger partial charge in [0.2, 0.25) is 10.0 Å². The predicted molar refractivity (Wildman–Crippen MR) is 130 cm³/mol. The summed E-state index contributed by atoms with van der Waals surface area (Å²) in [6.45, 7) is 2.21. The van der Waals surface area contributed by atoms with E-state index in [1.807, 2.05) is 12.1 Å². The summed E-state index contributed by atoms with van der Waals surface area (Å²) in [4.78, 5) is 6.49. The van der Waals surface area contributed by atoms with E-state index in [0.717, 1.165) is 30.2 Å². The number of benzene rings is 1. The van der Waals surface area contributed by atoms with Crippen molar-refractivity contribution < 1.29 is 17.9 Å². The molecule has 0 fully saturated rings. The van der Waals surface area contributed by atoms with Crippen LogP contribution in [0, 0.1) is 0 Å². The SMILES string of the molecule is CN=C(NCCNS(=O)(=O)c1cccs1)N1CCc2cc(OC)c(OC)cc2C1.I. The summed E-state index contributed by atoms with van der Waals surface area (Å²) >= 11 is 1.20. The van der Waals surface area contributed by atoms with Crippen LogP contribution in [0.5, 0.6) is 11.5 Å². The molecule has 0 atom stereocenters. The highest BCUT2D eigenvalue weighted by Crippen LogP contribution is 2.33. The van der Waals surface area contributed by atoms with Crippen LogP contribution in [0.3, 0.4) is 0 Å². The third kappa shape index (κ3) is 5.77. The lowest BCUT2D eigenvalue weighted by molar-refractivity contribution is 0.346. The molecule has 11 heteroatoms. The maximum Gasteiger partial charge on any atom is 0.250 e. The number of thiophene rings is 1. The highest BCUT2D eigenvalue weighted by Gasteiger charge is 2.22. The molecule has 0 unspecified atom stereocenters. The van der Waals surface area contributed by atoms with E-state index in [2.05, 4.69) is 19.9 Å². The van der Waals surface area contributed by atoms with Gasteiger partial charge in [0, 0.05) is 33.2 Å². The minimum atomic E-state index is -3.45. The average Bonchev–Trinajstić information content (AvgIpc) is 3.28. The lowest BCUT2D eigenvalue weighted by Crippen LogP contribution is -2.46. The quantitative estimate of drug-likeness (QED) is 0.231. The molecule has 166 valence electrons. The van der Waals surface area contributed by atoms with E-state index in [-0.39, 0.29) is 30.5 Å². The Bertz CT molecular complexity index is 965. The monoisotopic (exact) mass is 566 g/mol. The van der Waals surface area contributed by atoms with Crippen LogP contribution in [0.2, 0.25) is 0 Å². The van der Waals surface area contributed by atoms with Crippen molar-refractivity contribution in [2.45, 2.75) is 17.2 Å². The molecule has 0 amide bonds. The van der Waals surface area contributed by atoms with Gasteiger partial charge in [0.25, 0.3) is 0 Å². The zero-order valence-electron chi connectivity index (χ0n) is 17.2. The van der Waals surface area contributed by atoms with Crippen molar-refractivity contribution >= 4 is 51.3 Å². The molecule has 2 aromatic rings. The largest absolute Gasteiger partial charge is 0.493 e. The second kappa shape index (κ2) is 11.2. The summed E-state index contributed by atoms with van der Waals surface area (Å²) in [6.07, 6.45) is 0.862. The zero-order chi connectivity index (χ0) is 20.9. The van der Waals surface area contributed by atoms with Crippen LogP contribution in [-0.2, 0) is 23.0 Å². The van der Waals surface area contributed by atoms with Crippen molar-refractivity contribution in [3.63, 3.8) is 0 Å². The number of nitrogens with zero attached hydrogens (tertiary/aromatic N) is 2. The average molecular weight is 566 g/mol. The summed E-state index contributed by atoms with van der Waals surface area (Å²) in [5, 5.41) is 4.98. The van der Waals surface area contributed by atoms with Crippen LogP contribution in [0.25, 0.3) is 0 Å². The van der Waals surface area contributed by atoms with Crippen LogP contribution in [0.15, 0.2) is 38.8 Å². The van der Waals surface area contributed by atoms with Crippen molar-refractivity contribution in [1.29, 1.82) is 0 Å². The lowest BCUT2D eigenvalue weighted by atomic mass is 9.99. The summed E-state index contributed by atoms with van der Waals surface area (Å²) in [6, 6.07) is 7.34. The molecular weight excluding hydrogens is 539 g/mol. The van der Waals surface area contributed by atoms with Gasteiger partial charge in [0.05, 0.1) is 14.2 Å². The van der Waals surface area contributed by atoms with Crippen molar-refractivity contribution in [3.05, 3.63) is 40.8 Å². The van der Waals surface area contributed by atoms with E-state index in [1.54, 1.807) is 38.8 Å². The fourth-order valence-corrected chi connectivity index (χ4v) is 5.31. The van der Waals surface area contributed by atoms with Crippen LogP contribution in [-0.4, -0.2) is 60.2 Å². The molecule has 0 bridgehead atoms. The Labute approximate surface area is 198 Å². The first-order valence-corrected chi connectivity index (χ1v) is 11.6. The number of halogens is 1. The molecule has 0 aliphatic carbocycles. The highest BCUT2D eigenvalue weighted by molar-refractivity contribution is 14.0. The third-order valence-corrected chi connectivity index (χ3v) is 7.55. The zero-order valence-corrected chi connectivity index (χ0v) is 21.1. The molecule has 0 saturated carbocycles. The van der Waals surface area contributed by atoms with Crippen molar-refractivity contribution in [1.82, 2.24) is 14.9 Å². The van der Waals surface area contributed by atoms with Gasteiger partial charge >= 0.3 is 0 Å². The Hall–Kier alpha value is -1.57. The first kappa shape index (κ1) is 24.7. The summed E-state index contributed by atoms with van der Waals surface area (Å²) in [5.41, 5.74) is 2.40. The second-order valence-electron chi connectivity index (χ2n) is 6.45. The van der Waals surface area contributed by atoms with Crippen LogP contribution in [0.1, 0.15) is 11.1 Å². The highest BCUT2D eigenvalue weighted by atomic mass is 127. The predicted octanol–water partition coefficient (Wildman–Crippen LogP) is 2.30. The number of ether oxygens (including phenoxy) is 2. The molecule has 2 N–H and O–H groups in total. The summed E-state index contributed by atoms with van der Waals surface area (Å²) in [5.74, 6) is 2.18. The van der Waals surface area contributed by atoms with Gasteiger partial charge < -0.3 is 19.7 Å². The number of methoxy groups -OCH3 is 2. The van der Waals surface area contributed by atoms with E-state index < -0.39 is 10.0 Å². The smallest absolute Gasteiger partial charge is 0.250 e. The maximum atomic E-state index is 12.2. The number of aliphatic imine (C=N–C) groups is 1. The molecule has 30 heavy (non-hydrogen) atoms. The molecule has 1 aliphatic heterocycles. The topological polar surface area (TPSA) is 92.3 Å². The maximum absolute atomic E-state index is 12.2. The second-order valence-corrected chi connectivity index (χ2v) is 9.39. The lowest BCUT2D eigenvalue weighted by Gasteiger charge is -2.32.